The molecule has 1 atom stereocenters. The van der Waals surface area contributed by atoms with Crippen molar-refractivity contribution in [3.8, 4) is 18.0 Å². The van der Waals surface area contributed by atoms with Gasteiger partial charge in [-0.15, -0.1) is 11.5 Å². The van der Waals surface area contributed by atoms with Crippen molar-refractivity contribution in [2.45, 2.75) is 32.0 Å². The number of piperidine rings is 1. The number of aromatic nitrogens is 3. The highest BCUT2D eigenvalue weighted by Gasteiger charge is 2.39. The number of terminal acetylenes is 1. The maximum atomic E-state index is 14.1. The van der Waals surface area contributed by atoms with E-state index in [1.807, 2.05) is 0 Å². The molecule has 2 aromatic carbocycles. The minimum atomic E-state index is -0.708. The van der Waals surface area contributed by atoms with Gasteiger partial charge in [0.1, 0.15) is 11.9 Å². The standard InChI is InChI=1S/C25H19FN6O4/c1-2-14-3-4-15(19(26)9-14)11-27-23(34)20-13-32(30-29-20)17-6-5-16-12-31(25(36)18(16)10-17)21-7-8-22(33)28-24(21)35/h1,3-6,9-10,13,21H,7-8,11-12H2,(H,27,34)(H,28,33,35). The summed E-state index contributed by atoms with van der Waals surface area (Å²) in [5.74, 6) is 0.117. The van der Waals surface area contributed by atoms with Gasteiger partial charge in [-0.2, -0.15) is 0 Å². The molecule has 2 aliphatic heterocycles. The maximum Gasteiger partial charge on any atom is 0.273 e. The molecule has 180 valence electrons. The van der Waals surface area contributed by atoms with Crippen molar-refractivity contribution >= 4 is 23.6 Å². The molecule has 2 aliphatic rings. The zero-order valence-corrected chi connectivity index (χ0v) is 18.8. The third-order valence-electron chi connectivity index (χ3n) is 6.16. The van der Waals surface area contributed by atoms with Crippen LogP contribution in [0.2, 0.25) is 0 Å². The van der Waals surface area contributed by atoms with Crippen molar-refractivity contribution in [1.29, 1.82) is 0 Å². The molecule has 2 N–H and O–H groups in total. The van der Waals surface area contributed by atoms with Gasteiger partial charge in [-0.25, -0.2) is 9.07 Å². The van der Waals surface area contributed by atoms with Crippen LogP contribution in [0.5, 0.6) is 0 Å². The molecule has 0 aliphatic carbocycles. The van der Waals surface area contributed by atoms with Crippen LogP contribution in [-0.2, 0) is 22.7 Å². The normalized spacial score (nSPS) is 16.9. The van der Waals surface area contributed by atoms with Gasteiger partial charge in [0.05, 0.1) is 11.9 Å². The summed E-state index contributed by atoms with van der Waals surface area (Å²) >= 11 is 0. The third kappa shape index (κ3) is 4.20. The van der Waals surface area contributed by atoms with Crippen LogP contribution in [-0.4, -0.2) is 49.6 Å². The van der Waals surface area contributed by atoms with Crippen LogP contribution in [0.4, 0.5) is 4.39 Å². The Hall–Kier alpha value is -4.85. The fourth-order valence-corrected chi connectivity index (χ4v) is 4.23. The predicted octanol–water partition coefficient (Wildman–Crippen LogP) is 1.08. The summed E-state index contributed by atoms with van der Waals surface area (Å²) in [5, 5.41) is 12.7. The predicted molar refractivity (Wildman–Crippen MR) is 123 cm³/mol. The van der Waals surface area contributed by atoms with Crippen LogP contribution < -0.4 is 10.6 Å². The second-order valence-corrected chi connectivity index (χ2v) is 8.42. The van der Waals surface area contributed by atoms with Crippen LogP contribution >= 0.6 is 0 Å². The highest BCUT2D eigenvalue weighted by Crippen LogP contribution is 2.29. The molecule has 0 spiro atoms. The van der Waals surface area contributed by atoms with Crippen molar-refractivity contribution in [3.63, 3.8) is 0 Å². The van der Waals surface area contributed by atoms with E-state index >= 15 is 0 Å². The lowest BCUT2D eigenvalue weighted by molar-refractivity contribution is -0.136. The van der Waals surface area contributed by atoms with Crippen molar-refractivity contribution < 1.29 is 23.6 Å². The summed E-state index contributed by atoms with van der Waals surface area (Å²) in [4.78, 5) is 50.6. The number of amides is 4. The number of fused-ring (bicyclic) bond motifs is 1. The first kappa shape index (κ1) is 22.9. The van der Waals surface area contributed by atoms with Gasteiger partial charge in [0.15, 0.2) is 5.69 Å². The monoisotopic (exact) mass is 486 g/mol. The molecule has 0 saturated carbocycles. The van der Waals surface area contributed by atoms with Crippen molar-refractivity contribution in [2.24, 2.45) is 0 Å². The van der Waals surface area contributed by atoms with E-state index in [0.717, 1.165) is 5.56 Å². The molecule has 0 bridgehead atoms. The quantitative estimate of drug-likeness (QED) is 0.411. The highest BCUT2D eigenvalue weighted by molar-refractivity contribution is 6.05. The Morgan fingerprint density at radius 2 is 2.06 bits per heavy atom. The molecule has 36 heavy (non-hydrogen) atoms. The molecule has 4 amide bonds. The second kappa shape index (κ2) is 9.07. The number of halogens is 1. The van der Waals surface area contributed by atoms with E-state index in [9.17, 15) is 23.6 Å². The number of nitrogens with one attached hydrogen (secondary N) is 2. The van der Waals surface area contributed by atoms with Gasteiger partial charge in [-0.3, -0.25) is 24.5 Å². The number of nitrogens with zero attached hydrogens (tertiary/aromatic N) is 4. The molecule has 10 nitrogen and oxygen atoms in total. The Morgan fingerprint density at radius 1 is 1.22 bits per heavy atom. The Kier molecular flexibility index (Phi) is 5.77. The van der Waals surface area contributed by atoms with Gasteiger partial charge in [-0.1, -0.05) is 23.3 Å². The second-order valence-electron chi connectivity index (χ2n) is 8.42. The summed E-state index contributed by atoms with van der Waals surface area (Å²) in [6, 6.07) is 8.67. The minimum Gasteiger partial charge on any atom is -0.346 e. The van der Waals surface area contributed by atoms with Crippen LogP contribution in [0, 0.1) is 18.2 Å². The van der Waals surface area contributed by atoms with E-state index < -0.39 is 23.7 Å². The Labute approximate surface area is 204 Å². The molecular formula is C25H19FN6O4. The van der Waals surface area contributed by atoms with Crippen molar-refractivity contribution in [2.75, 3.05) is 0 Å². The van der Waals surface area contributed by atoms with E-state index in [0.29, 0.717) is 16.8 Å². The molecule has 3 aromatic rings. The number of imide groups is 1. The Bertz CT molecular complexity index is 1470. The molecule has 5 rings (SSSR count). The van der Waals surface area contributed by atoms with Gasteiger partial charge in [0.2, 0.25) is 11.8 Å². The third-order valence-corrected chi connectivity index (χ3v) is 6.16. The lowest BCUT2D eigenvalue weighted by Gasteiger charge is -2.29. The Balaban J connectivity index is 1.28. The number of carbonyl (C=O) groups is 4. The van der Waals surface area contributed by atoms with E-state index in [1.165, 1.54) is 27.9 Å². The SMILES string of the molecule is C#Cc1ccc(CNC(=O)c2cn(-c3ccc4c(c3)C(=O)N(C3CCC(=O)NC3=O)C4)nn2)c(F)c1. The maximum absolute atomic E-state index is 14.1. The first-order valence-electron chi connectivity index (χ1n) is 11.1. The minimum absolute atomic E-state index is 0.00708. The van der Waals surface area contributed by atoms with Gasteiger partial charge in [0.25, 0.3) is 11.8 Å². The molecule has 0 radical (unpaired) electrons. The number of carbonyl (C=O) groups excluding carboxylic acids is 4. The van der Waals surface area contributed by atoms with Gasteiger partial charge in [-0.05, 0) is 36.2 Å². The van der Waals surface area contributed by atoms with E-state index in [2.05, 4.69) is 26.9 Å². The van der Waals surface area contributed by atoms with E-state index in [4.69, 9.17) is 6.42 Å². The fraction of sp³-hybridized carbons (Fsp3) is 0.200. The number of benzene rings is 2. The van der Waals surface area contributed by atoms with Crippen LogP contribution in [0.15, 0.2) is 42.6 Å². The molecule has 11 heteroatoms. The zero-order valence-electron chi connectivity index (χ0n) is 18.8. The van der Waals surface area contributed by atoms with E-state index in [1.54, 1.807) is 24.3 Å². The average molecular weight is 486 g/mol. The van der Waals surface area contributed by atoms with Crippen LogP contribution in [0.25, 0.3) is 5.69 Å². The average Bonchev–Trinajstić information content (AvgIpc) is 3.48. The lowest BCUT2D eigenvalue weighted by Crippen LogP contribution is -2.52. The summed E-state index contributed by atoms with van der Waals surface area (Å²) < 4.78 is 15.4. The number of hydrogen-bond donors (Lipinski definition) is 2. The first-order chi connectivity index (χ1) is 17.3. The van der Waals surface area contributed by atoms with Gasteiger partial charge < -0.3 is 10.2 Å². The van der Waals surface area contributed by atoms with Crippen LogP contribution in [0.1, 0.15) is 50.4 Å². The topological polar surface area (TPSA) is 126 Å². The fourth-order valence-electron chi connectivity index (χ4n) is 4.23. The summed E-state index contributed by atoms with van der Waals surface area (Å²) in [6.07, 6.45) is 7.10. The van der Waals surface area contributed by atoms with Crippen LogP contribution in [0.3, 0.4) is 0 Å². The molecule has 3 heterocycles. The number of rotatable bonds is 5. The lowest BCUT2D eigenvalue weighted by atomic mass is 10.0. The molecule has 1 fully saturated rings. The molecule has 1 aromatic heterocycles. The number of hydrogen-bond acceptors (Lipinski definition) is 6. The zero-order chi connectivity index (χ0) is 25.4. The summed E-state index contributed by atoms with van der Waals surface area (Å²) in [6.45, 7) is 0.191. The molecular weight excluding hydrogens is 467 g/mol. The largest absolute Gasteiger partial charge is 0.346 e. The van der Waals surface area contributed by atoms with E-state index in [-0.39, 0.29) is 49.0 Å². The Morgan fingerprint density at radius 3 is 2.81 bits per heavy atom. The highest BCUT2D eigenvalue weighted by atomic mass is 19.1. The van der Waals surface area contributed by atoms with Crippen molar-refractivity contribution in [1.82, 2.24) is 30.5 Å². The molecule has 1 saturated heterocycles. The first-order valence-corrected chi connectivity index (χ1v) is 11.1. The summed E-state index contributed by atoms with van der Waals surface area (Å²) in [7, 11) is 0. The van der Waals surface area contributed by atoms with Crippen molar-refractivity contribution in [3.05, 3.63) is 76.4 Å². The smallest absolute Gasteiger partial charge is 0.273 e. The summed E-state index contributed by atoms with van der Waals surface area (Å²) in [5.41, 5.74) is 2.32. The van der Waals surface area contributed by atoms with Gasteiger partial charge >= 0.3 is 0 Å². The molecule has 1 unspecified atom stereocenters. The van der Waals surface area contributed by atoms with Gasteiger partial charge in [0, 0.05) is 36.2 Å².